The molecule has 2 heterocycles. The zero-order valence-corrected chi connectivity index (χ0v) is 15.5. The predicted molar refractivity (Wildman–Crippen MR) is 91.6 cm³/mol. The summed E-state index contributed by atoms with van der Waals surface area (Å²) in [7, 11) is 0. The van der Waals surface area contributed by atoms with Crippen molar-refractivity contribution in [2.24, 2.45) is 0 Å². The summed E-state index contributed by atoms with van der Waals surface area (Å²) in [4.78, 5) is 14.2. The number of nitrogens with one attached hydrogen (secondary N) is 1. The molecule has 0 aliphatic carbocycles. The lowest BCUT2D eigenvalue weighted by Crippen LogP contribution is -2.51. The number of nitrogens with zero attached hydrogens (tertiary/aromatic N) is 1. The fourth-order valence-corrected chi connectivity index (χ4v) is 3.48. The van der Waals surface area contributed by atoms with Crippen LogP contribution < -0.4 is 5.32 Å². The smallest absolute Gasteiger partial charge is 0.410 e. The standard InChI is InChI=1S/C18H34N2O3/c1-17(2,3)23-16(21)20-10-7-6-8-15(13-20)19-14-9-11-22-18(4,5)12-14/h14-15,19H,6-13H2,1-5H3. The van der Waals surface area contributed by atoms with Crippen molar-refractivity contribution < 1.29 is 14.3 Å². The van der Waals surface area contributed by atoms with E-state index in [0.29, 0.717) is 12.1 Å². The number of hydrogen-bond donors (Lipinski definition) is 1. The van der Waals surface area contributed by atoms with E-state index < -0.39 is 5.60 Å². The van der Waals surface area contributed by atoms with Gasteiger partial charge >= 0.3 is 6.09 Å². The summed E-state index contributed by atoms with van der Waals surface area (Å²) in [5.74, 6) is 0. The number of amides is 1. The van der Waals surface area contributed by atoms with Gasteiger partial charge in [0.2, 0.25) is 0 Å². The fraction of sp³-hybridized carbons (Fsp3) is 0.944. The van der Waals surface area contributed by atoms with Crippen molar-refractivity contribution in [1.82, 2.24) is 10.2 Å². The molecule has 2 saturated heterocycles. The van der Waals surface area contributed by atoms with Crippen LogP contribution >= 0.6 is 0 Å². The van der Waals surface area contributed by atoms with Crippen molar-refractivity contribution in [3.8, 4) is 0 Å². The molecule has 2 aliphatic heterocycles. The van der Waals surface area contributed by atoms with Crippen molar-refractivity contribution in [3.63, 3.8) is 0 Å². The molecule has 5 heteroatoms. The Balaban J connectivity index is 1.90. The molecule has 2 rings (SSSR count). The van der Waals surface area contributed by atoms with E-state index in [1.54, 1.807) is 0 Å². The summed E-state index contributed by atoms with van der Waals surface area (Å²) < 4.78 is 11.3. The largest absolute Gasteiger partial charge is 0.444 e. The first-order chi connectivity index (χ1) is 10.6. The SMILES string of the molecule is CC(C)(C)OC(=O)N1CCCCC(NC2CCOC(C)(C)C2)C1. The number of hydrogen-bond acceptors (Lipinski definition) is 4. The maximum absolute atomic E-state index is 12.4. The minimum Gasteiger partial charge on any atom is -0.444 e. The van der Waals surface area contributed by atoms with Gasteiger partial charge in [-0.15, -0.1) is 0 Å². The van der Waals surface area contributed by atoms with Gasteiger partial charge in [0.15, 0.2) is 0 Å². The van der Waals surface area contributed by atoms with E-state index in [-0.39, 0.29) is 11.7 Å². The molecule has 23 heavy (non-hydrogen) atoms. The molecule has 5 nitrogen and oxygen atoms in total. The molecular weight excluding hydrogens is 292 g/mol. The van der Waals surface area contributed by atoms with E-state index >= 15 is 0 Å². The predicted octanol–water partition coefficient (Wildman–Crippen LogP) is 3.32. The zero-order chi connectivity index (χ0) is 17.1. The van der Waals surface area contributed by atoms with Crippen LogP contribution in [0.1, 0.15) is 66.7 Å². The molecule has 0 spiro atoms. The van der Waals surface area contributed by atoms with Crippen LogP contribution in [0.2, 0.25) is 0 Å². The van der Waals surface area contributed by atoms with Crippen LogP contribution in [0.15, 0.2) is 0 Å². The molecule has 134 valence electrons. The highest BCUT2D eigenvalue weighted by atomic mass is 16.6. The summed E-state index contributed by atoms with van der Waals surface area (Å²) in [6.45, 7) is 12.4. The Kier molecular flexibility index (Phi) is 5.95. The van der Waals surface area contributed by atoms with Crippen LogP contribution in [-0.2, 0) is 9.47 Å². The van der Waals surface area contributed by atoms with Gasteiger partial charge < -0.3 is 19.7 Å². The Morgan fingerprint density at radius 1 is 1.22 bits per heavy atom. The highest BCUT2D eigenvalue weighted by Gasteiger charge is 2.32. The average Bonchev–Trinajstić information content (AvgIpc) is 2.61. The van der Waals surface area contributed by atoms with Gasteiger partial charge in [-0.3, -0.25) is 0 Å². The molecule has 0 aromatic heterocycles. The van der Waals surface area contributed by atoms with E-state index in [1.807, 2.05) is 25.7 Å². The van der Waals surface area contributed by atoms with E-state index in [4.69, 9.17) is 9.47 Å². The molecule has 1 amide bonds. The van der Waals surface area contributed by atoms with E-state index in [0.717, 1.165) is 51.8 Å². The quantitative estimate of drug-likeness (QED) is 0.846. The van der Waals surface area contributed by atoms with E-state index in [9.17, 15) is 4.79 Å². The molecule has 0 aromatic rings. The maximum Gasteiger partial charge on any atom is 0.410 e. The van der Waals surface area contributed by atoms with Gasteiger partial charge in [0.25, 0.3) is 0 Å². The Morgan fingerprint density at radius 2 is 1.96 bits per heavy atom. The van der Waals surface area contributed by atoms with Crippen LogP contribution in [0.5, 0.6) is 0 Å². The van der Waals surface area contributed by atoms with Crippen LogP contribution in [0, 0.1) is 0 Å². The van der Waals surface area contributed by atoms with Crippen LogP contribution in [0.4, 0.5) is 4.79 Å². The highest BCUT2D eigenvalue weighted by molar-refractivity contribution is 5.68. The van der Waals surface area contributed by atoms with E-state index in [2.05, 4.69) is 19.2 Å². The molecule has 0 saturated carbocycles. The second kappa shape index (κ2) is 7.39. The second-order valence-corrected chi connectivity index (χ2v) is 8.58. The maximum atomic E-state index is 12.4. The van der Waals surface area contributed by atoms with Gasteiger partial charge in [0.05, 0.1) is 5.60 Å². The van der Waals surface area contributed by atoms with Gasteiger partial charge in [-0.25, -0.2) is 4.79 Å². The normalized spacial score (nSPS) is 29.0. The molecular formula is C18H34N2O3. The van der Waals surface area contributed by atoms with Crippen molar-refractivity contribution in [2.45, 2.75) is 90.0 Å². The van der Waals surface area contributed by atoms with Crippen LogP contribution in [-0.4, -0.2) is 54.0 Å². The number of likely N-dealkylation sites (tertiary alicyclic amines) is 1. The molecule has 1 N–H and O–H groups in total. The summed E-state index contributed by atoms with van der Waals surface area (Å²) in [5, 5.41) is 3.77. The van der Waals surface area contributed by atoms with Gasteiger partial charge in [0.1, 0.15) is 5.60 Å². The van der Waals surface area contributed by atoms with Gasteiger partial charge in [0, 0.05) is 31.8 Å². The lowest BCUT2D eigenvalue weighted by molar-refractivity contribution is -0.0646. The molecule has 2 atom stereocenters. The zero-order valence-electron chi connectivity index (χ0n) is 15.5. The van der Waals surface area contributed by atoms with Gasteiger partial charge in [-0.2, -0.15) is 0 Å². The Hall–Kier alpha value is -0.810. The molecule has 0 aromatic carbocycles. The summed E-state index contributed by atoms with van der Waals surface area (Å²) >= 11 is 0. The second-order valence-electron chi connectivity index (χ2n) is 8.58. The molecule has 2 unspecified atom stereocenters. The third kappa shape index (κ3) is 6.30. The van der Waals surface area contributed by atoms with E-state index in [1.165, 1.54) is 0 Å². The minimum absolute atomic E-state index is 0.0501. The molecule has 0 radical (unpaired) electrons. The lowest BCUT2D eigenvalue weighted by Gasteiger charge is -2.38. The average molecular weight is 326 g/mol. The van der Waals surface area contributed by atoms with Gasteiger partial charge in [-0.1, -0.05) is 6.42 Å². The van der Waals surface area contributed by atoms with Crippen molar-refractivity contribution >= 4 is 6.09 Å². The number of ether oxygens (including phenoxy) is 2. The highest BCUT2D eigenvalue weighted by Crippen LogP contribution is 2.25. The van der Waals surface area contributed by atoms with Crippen LogP contribution in [0.25, 0.3) is 0 Å². The molecule has 0 bridgehead atoms. The van der Waals surface area contributed by atoms with Gasteiger partial charge in [-0.05, 0) is 60.3 Å². The third-order valence-electron chi connectivity index (χ3n) is 4.49. The Morgan fingerprint density at radius 3 is 2.61 bits per heavy atom. The van der Waals surface area contributed by atoms with Crippen LogP contribution in [0.3, 0.4) is 0 Å². The van der Waals surface area contributed by atoms with Crippen molar-refractivity contribution in [2.75, 3.05) is 19.7 Å². The monoisotopic (exact) mass is 326 g/mol. The fourth-order valence-electron chi connectivity index (χ4n) is 3.48. The lowest BCUT2D eigenvalue weighted by atomic mass is 9.93. The molecule has 2 fully saturated rings. The number of carbonyl (C=O) groups is 1. The summed E-state index contributed by atoms with van der Waals surface area (Å²) in [6, 6.07) is 0.825. The Bertz CT molecular complexity index is 404. The number of rotatable bonds is 2. The first-order valence-electron chi connectivity index (χ1n) is 9.03. The third-order valence-corrected chi connectivity index (χ3v) is 4.49. The summed E-state index contributed by atoms with van der Waals surface area (Å²) in [5.41, 5.74) is -0.484. The number of carbonyl (C=O) groups excluding carboxylic acids is 1. The summed E-state index contributed by atoms with van der Waals surface area (Å²) in [6.07, 6.45) is 5.22. The first kappa shape index (κ1) is 18.5. The van der Waals surface area contributed by atoms with Crippen molar-refractivity contribution in [3.05, 3.63) is 0 Å². The Labute approximate surface area is 141 Å². The van der Waals surface area contributed by atoms with Crippen molar-refractivity contribution in [1.29, 1.82) is 0 Å². The minimum atomic E-state index is -0.433. The topological polar surface area (TPSA) is 50.8 Å². The molecule has 2 aliphatic rings. The first-order valence-corrected chi connectivity index (χ1v) is 9.03.